The Labute approximate surface area is 173 Å². The van der Waals surface area contributed by atoms with Crippen molar-refractivity contribution in [3.63, 3.8) is 0 Å². The van der Waals surface area contributed by atoms with E-state index in [9.17, 15) is 14.3 Å². The van der Waals surface area contributed by atoms with Gasteiger partial charge in [-0.2, -0.15) is 9.97 Å². The number of nitrogens with one attached hydrogen (secondary N) is 1. The van der Waals surface area contributed by atoms with Gasteiger partial charge in [-0.1, -0.05) is 18.2 Å². The van der Waals surface area contributed by atoms with E-state index in [-0.39, 0.29) is 24.1 Å². The molecule has 2 heterocycles. The SMILES string of the molecule is CCOP(=O)(O)c1ccccc1.CCn1c(=O)[nH]c2c(N)nc(OCCOC)nc21. The molecule has 11 nitrogen and oxygen atoms in total. The molecule has 0 bridgehead atoms. The third-order valence-electron chi connectivity index (χ3n) is 3.85. The first-order chi connectivity index (χ1) is 14.3. The van der Waals surface area contributed by atoms with Crippen LogP contribution in [-0.4, -0.2) is 51.3 Å². The van der Waals surface area contributed by atoms with Gasteiger partial charge in [0.2, 0.25) is 0 Å². The number of ether oxygens (including phenoxy) is 2. The second kappa shape index (κ2) is 10.9. The van der Waals surface area contributed by atoms with E-state index < -0.39 is 7.60 Å². The van der Waals surface area contributed by atoms with Gasteiger partial charge >= 0.3 is 19.3 Å². The average molecular weight is 439 g/mol. The van der Waals surface area contributed by atoms with Crippen molar-refractivity contribution in [2.24, 2.45) is 0 Å². The molecule has 3 rings (SSSR count). The smallest absolute Gasteiger partial charge is 0.358 e. The molecule has 164 valence electrons. The highest BCUT2D eigenvalue weighted by atomic mass is 31.2. The summed E-state index contributed by atoms with van der Waals surface area (Å²) in [4.78, 5) is 31.7. The summed E-state index contributed by atoms with van der Waals surface area (Å²) in [5, 5.41) is 0.340. The number of hydrogen-bond acceptors (Lipinski definition) is 8. The predicted molar refractivity (Wildman–Crippen MR) is 113 cm³/mol. The third-order valence-corrected chi connectivity index (χ3v) is 5.41. The molecule has 0 saturated heterocycles. The molecular formula is C18H26N5O6P. The highest BCUT2D eigenvalue weighted by Gasteiger charge is 2.20. The van der Waals surface area contributed by atoms with Crippen LogP contribution in [-0.2, 0) is 20.4 Å². The molecule has 0 fully saturated rings. The van der Waals surface area contributed by atoms with E-state index in [1.165, 1.54) is 4.57 Å². The number of nitrogen functional groups attached to an aromatic ring is 1. The van der Waals surface area contributed by atoms with Crippen LogP contribution in [0.15, 0.2) is 35.1 Å². The summed E-state index contributed by atoms with van der Waals surface area (Å²) in [6.45, 7) is 5.01. The molecule has 12 heteroatoms. The van der Waals surface area contributed by atoms with Gasteiger partial charge in [0.25, 0.3) is 0 Å². The van der Waals surface area contributed by atoms with Crippen LogP contribution < -0.4 is 21.5 Å². The Morgan fingerprint density at radius 1 is 1.20 bits per heavy atom. The Morgan fingerprint density at radius 3 is 2.50 bits per heavy atom. The minimum atomic E-state index is -3.54. The summed E-state index contributed by atoms with van der Waals surface area (Å²) in [6.07, 6.45) is 0. The number of fused-ring (bicyclic) bond motifs is 1. The molecule has 1 atom stereocenters. The van der Waals surface area contributed by atoms with E-state index in [0.29, 0.717) is 36.2 Å². The average Bonchev–Trinajstić information content (AvgIpc) is 3.05. The van der Waals surface area contributed by atoms with Crippen LogP contribution in [0.4, 0.5) is 5.82 Å². The lowest BCUT2D eigenvalue weighted by molar-refractivity contribution is 0.141. The second-order valence-corrected chi connectivity index (χ2v) is 7.69. The zero-order chi connectivity index (χ0) is 22.1. The lowest BCUT2D eigenvalue weighted by Gasteiger charge is -2.09. The zero-order valence-corrected chi connectivity index (χ0v) is 18.0. The van der Waals surface area contributed by atoms with Crippen molar-refractivity contribution < 1.29 is 23.5 Å². The van der Waals surface area contributed by atoms with Gasteiger partial charge in [-0.05, 0) is 26.0 Å². The minimum absolute atomic E-state index is 0.137. The summed E-state index contributed by atoms with van der Waals surface area (Å²) in [7, 11) is -1.97. The molecule has 30 heavy (non-hydrogen) atoms. The van der Waals surface area contributed by atoms with Crippen LogP contribution in [0.5, 0.6) is 6.01 Å². The third kappa shape index (κ3) is 5.90. The molecule has 2 aromatic heterocycles. The standard InChI is InChI=1S/C10H15N5O3.C8H11O3P/c1-3-15-8-6(12-10(15)16)7(11)13-9(14-8)18-5-4-17-2;1-2-11-12(9,10)8-6-4-3-5-7-8/h3-5H2,1-2H3,(H,12,16)(H2,11,13,14);3-7H,2H2,1H3,(H,9,10). The van der Waals surface area contributed by atoms with Crippen molar-refractivity contribution in [1.29, 1.82) is 0 Å². The number of anilines is 1. The van der Waals surface area contributed by atoms with Gasteiger partial charge in [-0.25, -0.2) is 4.79 Å². The normalized spacial score (nSPS) is 12.8. The molecule has 0 aliphatic rings. The number of benzene rings is 1. The molecule has 0 radical (unpaired) electrons. The largest absolute Gasteiger partial charge is 0.461 e. The number of rotatable bonds is 8. The van der Waals surface area contributed by atoms with Crippen LogP contribution in [0.3, 0.4) is 0 Å². The fourth-order valence-electron chi connectivity index (χ4n) is 2.47. The van der Waals surface area contributed by atoms with E-state index in [4.69, 9.17) is 19.7 Å². The molecule has 1 aromatic carbocycles. The van der Waals surface area contributed by atoms with Crippen molar-refractivity contribution in [1.82, 2.24) is 19.5 Å². The molecule has 0 aliphatic carbocycles. The van der Waals surface area contributed by atoms with Gasteiger partial charge in [0.1, 0.15) is 12.1 Å². The highest BCUT2D eigenvalue weighted by Crippen LogP contribution is 2.39. The molecule has 4 N–H and O–H groups in total. The lowest BCUT2D eigenvalue weighted by atomic mass is 10.4. The fourth-order valence-corrected chi connectivity index (χ4v) is 3.52. The Morgan fingerprint density at radius 2 is 1.90 bits per heavy atom. The van der Waals surface area contributed by atoms with Crippen LogP contribution >= 0.6 is 7.60 Å². The summed E-state index contributed by atoms with van der Waals surface area (Å²) in [5.41, 5.74) is 6.37. The summed E-state index contributed by atoms with van der Waals surface area (Å²) in [6, 6.07) is 8.50. The Hall–Kier alpha value is -2.72. The summed E-state index contributed by atoms with van der Waals surface area (Å²) < 4.78 is 27.7. The topological polar surface area (TPSA) is 155 Å². The number of methoxy groups -OCH3 is 1. The Kier molecular flexibility index (Phi) is 8.55. The van der Waals surface area contributed by atoms with E-state index in [2.05, 4.69) is 15.0 Å². The van der Waals surface area contributed by atoms with Crippen molar-refractivity contribution in [2.45, 2.75) is 20.4 Å². The van der Waals surface area contributed by atoms with Crippen LogP contribution in [0.1, 0.15) is 13.8 Å². The maximum Gasteiger partial charge on any atom is 0.358 e. The van der Waals surface area contributed by atoms with Gasteiger partial charge in [0.05, 0.1) is 18.5 Å². The maximum atomic E-state index is 11.6. The van der Waals surface area contributed by atoms with Crippen LogP contribution in [0, 0.1) is 0 Å². The molecule has 0 aliphatic heterocycles. The van der Waals surface area contributed by atoms with E-state index in [1.54, 1.807) is 44.4 Å². The van der Waals surface area contributed by atoms with Gasteiger partial charge in [0.15, 0.2) is 11.5 Å². The lowest BCUT2D eigenvalue weighted by Crippen LogP contribution is -2.15. The van der Waals surface area contributed by atoms with Crippen molar-refractivity contribution in [2.75, 3.05) is 32.7 Å². The van der Waals surface area contributed by atoms with E-state index in [1.807, 2.05) is 6.92 Å². The minimum Gasteiger partial charge on any atom is -0.461 e. The molecular weight excluding hydrogens is 413 g/mol. The van der Waals surface area contributed by atoms with Gasteiger partial charge in [0, 0.05) is 13.7 Å². The maximum absolute atomic E-state index is 11.6. The predicted octanol–water partition coefficient (Wildman–Crippen LogP) is 1.28. The first kappa shape index (κ1) is 23.6. The molecule has 0 amide bonds. The molecule has 3 aromatic rings. The summed E-state index contributed by atoms with van der Waals surface area (Å²) >= 11 is 0. The van der Waals surface area contributed by atoms with E-state index in [0.717, 1.165) is 0 Å². The summed E-state index contributed by atoms with van der Waals surface area (Å²) in [5.74, 6) is 0.191. The Balaban J connectivity index is 0.000000232. The molecule has 0 saturated carbocycles. The number of aromatic amines is 1. The number of nitrogens with two attached hydrogens (primary N) is 1. The quantitative estimate of drug-likeness (QED) is 0.348. The van der Waals surface area contributed by atoms with Crippen LogP contribution in [0.25, 0.3) is 11.2 Å². The number of imidazole rings is 1. The number of H-pyrrole nitrogens is 1. The van der Waals surface area contributed by atoms with Crippen molar-refractivity contribution in [3.8, 4) is 6.01 Å². The van der Waals surface area contributed by atoms with Crippen molar-refractivity contribution in [3.05, 3.63) is 40.8 Å². The fraction of sp³-hybridized carbons (Fsp3) is 0.389. The first-order valence-electron chi connectivity index (χ1n) is 9.24. The van der Waals surface area contributed by atoms with Crippen molar-refractivity contribution >= 4 is 29.9 Å². The van der Waals surface area contributed by atoms with Gasteiger partial charge in [-0.3, -0.25) is 9.13 Å². The Bertz CT molecular complexity index is 1050. The van der Waals surface area contributed by atoms with Gasteiger partial charge in [-0.15, -0.1) is 0 Å². The van der Waals surface area contributed by atoms with Crippen LogP contribution in [0.2, 0.25) is 0 Å². The monoisotopic (exact) mass is 439 g/mol. The number of aryl methyl sites for hydroxylation is 1. The number of hydrogen-bond donors (Lipinski definition) is 3. The highest BCUT2D eigenvalue weighted by molar-refractivity contribution is 7.61. The van der Waals surface area contributed by atoms with E-state index >= 15 is 0 Å². The molecule has 1 unspecified atom stereocenters. The number of aromatic nitrogens is 4. The van der Waals surface area contributed by atoms with Gasteiger partial charge < -0.3 is 29.6 Å². The first-order valence-corrected chi connectivity index (χ1v) is 10.8. The molecule has 0 spiro atoms. The zero-order valence-electron chi connectivity index (χ0n) is 17.1. The second-order valence-electron chi connectivity index (χ2n) is 5.88. The number of nitrogens with zero attached hydrogens (tertiary/aromatic N) is 3.